The first-order valence-corrected chi connectivity index (χ1v) is 9.92. The number of fused-ring (bicyclic) bond motifs is 1. The number of allylic oxidation sites excluding steroid dienone is 1. The molecule has 2 N–H and O–H groups in total. The Labute approximate surface area is 142 Å². The van der Waals surface area contributed by atoms with Crippen molar-refractivity contribution in [1.82, 2.24) is 5.32 Å². The van der Waals surface area contributed by atoms with Crippen LogP contribution in [0, 0.1) is 11.8 Å². The summed E-state index contributed by atoms with van der Waals surface area (Å²) in [6.07, 6.45) is 10.9. The van der Waals surface area contributed by atoms with Gasteiger partial charge in [-0.2, -0.15) is 0 Å². The second kappa shape index (κ2) is 6.31. The van der Waals surface area contributed by atoms with Gasteiger partial charge in [-0.25, -0.2) is 0 Å². The fourth-order valence-electron chi connectivity index (χ4n) is 3.55. The van der Waals surface area contributed by atoms with Gasteiger partial charge < -0.3 is 10.6 Å². The van der Waals surface area contributed by atoms with E-state index in [9.17, 15) is 4.79 Å². The number of amides is 1. The average Bonchev–Trinajstić information content (AvgIpc) is 3.23. The van der Waals surface area contributed by atoms with Crippen LogP contribution in [0.4, 0.5) is 5.00 Å². The van der Waals surface area contributed by atoms with Crippen LogP contribution in [-0.4, -0.2) is 12.5 Å². The van der Waals surface area contributed by atoms with Gasteiger partial charge in [0.25, 0.3) is 5.91 Å². The third kappa shape index (κ3) is 3.18. The summed E-state index contributed by atoms with van der Waals surface area (Å²) in [5.74, 6) is 1.44. The van der Waals surface area contributed by atoms with Crippen LogP contribution in [0.25, 0.3) is 0 Å². The van der Waals surface area contributed by atoms with Crippen molar-refractivity contribution < 1.29 is 4.79 Å². The first-order valence-electron chi connectivity index (χ1n) is 9.11. The van der Waals surface area contributed by atoms with Crippen molar-refractivity contribution in [3.05, 3.63) is 28.3 Å². The standard InChI is InChI=1S/C19H26N2OS/c1-12(14-5-4-6-14)21-19-17(18(22)20-11-13-9-10-13)15-7-2-3-8-16(15)23-19/h13-14,21H,1-11H2,(H,20,22). The van der Waals surface area contributed by atoms with Crippen LogP contribution < -0.4 is 10.6 Å². The van der Waals surface area contributed by atoms with Gasteiger partial charge in [-0.05, 0) is 68.8 Å². The highest BCUT2D eigenvalue weighted by molar-refractivity contribution is 7.16. The minimum Gasteiger partial charge on any atom is -0.352 e. The monoisotopic (exact) mass is 330 g/mol. The summed E-state index contributed by atoms with van der Waals surface area (Å²) < 4.78 is 0. The summed E-state index contributed by atoms with van der Waals surface area (Å²) in [5, 5.41) is 7.73. The minimum absolute atomic E-state index is 0.125. The van der Waals surface area contributed by atoms with E-state index in [2.05, 4.69) is 17.2 Å². The predicted molar refractivity (Wildman–Crippen MR) is 96.1 cm³/mol. The Kier molecular flexibility index (Phi) is 4.18. The van der Waals surface area contributed by atoms with Gasteiger partial charge in [0.05, 0.1) is 5.56 Å². The van der Waals surface area contributed by atoms with Crippen molar-refractivity contribution in [2.75, 3.05) is 11.9 Å². The molecular formula is C19H26N2OS. The molecular weight excluding hydrogens is 304 g/mol. The maximum atomic E-state index is 12.8. The number of rotatable bonds is 6. The summed E-state index contributed by atoms with van der Waals surface area (Å²) in [7, 11) is 0. The molecule has 0 aliphatic heterocycles. The molecule has 1 aromatic heterocycles. The van der Waals surface area contributed by atoms with E-state index in [-0.39, 0.29) is 5.91 Å². The second-order valence-corrected chi connectivity index (χ2v) is 8.45. The van der Waals surface area contributed by atoms with Gasteiger partial charge in [-0.1, -0.05) is 13.0 Å². The highest BCUT2D eigenvalue weighted by Gasteiger charge is 2.29. The van der Waals surface area contributed by atoms with Crippen molar-refractivity contribution in [3.63, 3.8) is 0 Å². The summed E-state index contributed by atoms with van der Waals surface area (Å²) in [4.78, 5) is 14.2. The van der Waals surface area contributed by atoms with Crippen LogP contribution in [-0.2, 0) is 12.8 Å². The normalized spacial score (nSPS) is 20.5. The zero-order chi connectivity index (χ0) is 15.8. The molecule has 1 heterocycles. The molecule has 124 valence electrons. The van der Waals surface area contributed by atoms with Crippen LogP contribution in [0.3, 0.4) is 0 Å². The van der Waals surface area contributed by atoms with Gasteiger partial charge in [0.1, 0.15) is 5.00 Å². The van der Waals surface area contributed by atoms with Gasteiger partial charge in [0, 0.05) is 17.1 Å². The lowest BCUT2D eigenvalue weighted by molar-refractivity contribution is 0.0952. The first-order chi connectivity index (χ1) is 11.2. The summed E-state index contributed by atoms with van der Waals surface area (Å²) >= 11 is 1.79. The van der Waals surface area contributed by atoms with Gasteiger partial charge in [0.2, 0.25) is 0 Å². The Morgan fingerprint density at radius 1 is 1.13 bits per heavy atom. The van der Waals surface area contributed by atoms with Gasteiger partial charge in [0.15, 0.2) is 0 Å². The van der Waals surface area contributed by atoms with E-state index in [1.165, 1.54) is 55.4 Å². The Morgan fingerprint density at radius 3 is 2.61 bits per heavy atom. The van der Waals surface area contributed by atoms with E-state index in [4.69, 9.17) is 0 Å². The van der Waals surface area contributed by atoms with Crippen LogP contribution in [0.2, 0.25) is 0 Å². The first kappa shape index (κ1) is 15.3. The molecule has 0 aromatic carbocycles. The van der Waals surface area contributed by atoms with Crippen molar-refractivity contribution in [1.29, 1.82) is 0 Å². The van der Waals surface area contributed by atoms with Crippen molar-refractivity contribution in [3.8, 4) is 0 Å². The second-order valence-electron chi connectivity index (χ2n) is 7.35. The number of hydrogen-bond acceptors (Lipinski definition) is 3. The quantitative estimate of drug-likeness (QED) is 0.807. The zero-order valence-electron chi connectivity index (χ0n) is 13.7. The largest absolute Gasteiger partial charge is 0.352 e. The lowest BCUT2D eigenvalue weighted by Crippen LogP contribution is -2.27. The van der Waals surface area contributed by atoms with Crippen LogP contribution in [0.5, 0.6) is 0 Å². The minimum atomic E-state index is 0.125. The Hall–Kier alpha value is -1.29. The number of thiophene rings is 1. The number of anilines is 1. The number of aryl methyl sites for hydroxylation is 1. The summed E-state index contributed by atoms with van der Waals surface area (Å²) in [5.41, 5.74) is 3.33. The highest BCUT2D eigenvalue weighted by Crippen LogP contribution is 2.41. The number of hydrogen-bond donors (Lipinski definition) is 2. The lowest BCUT2D eigenvalue weighted by atomic mass is 9.83. The molecule has 3 aliphatic carbocycles. The van der Waals surface area contributed by atoms with E-state index >= 15 is 0 Å². The average molecular weight is 330 g/mol. The topological polar surface area (TPSA) is 41.1 Å². The van der Waals surface area contributed by atoms with E-state index in [0.29, 0.717) is 5.92 Å². The van der Waals surface area contributed by atoms with Crippen LogP contribution >= 0.6 is 11.3 Å². The smallest absolute Gasteiger partial charge is 0.254 e. The van der Waals surface area contributed by atoms with Crippen LogP contribution in [0.15, 0.2) is 12.3 Å². The van der Waals surface area contributed by atoms with Gasteiger partial charge in [-0.3, -0.25) is 4.79 Å². The SMILES string of the molecule is C=C(Nc1sc2c(c1C(=O)NCC1CC1)CCCC2)C1CCC1. The van der Waals surface area contributed by atoms with Gasteiger partial charge >= 0.3 is 0 Å². The molecule has 0 spiro atoms. The molecule has 3 aliphatic rings. The maximum Gasteiger partial charge on any atom is 0.254 e. The molecule has 2 saturated carbocycles. The summed E-state index contributed by atoms with van der Waals surface area (Å²) in [6.45, 7) is 5.07. The fraction of sp³-hybridized carbons (Fsp3) is 0.632. The summed E-state index contributed by atoms with van der Waals surface area (Å²) in [6, 6.07) is 0. The molecule has 0 radical (unpaired) electrons. The van der Waals surface area contributed by atoms with Crippen molar-refractivity contribution in [2.24, 2.45) is 11.8 Å². The molecule has 23 heavy (non-hydrogen) atoms. The molecule has 3 nitrogen and oxygen atoms in total. The predicted octanol–water partition coefficient (Wildman–Crippen LogP) is 4.49. The zero-order valence-corrected chi connectivity index (χ0v) is 14.6. The molecule has 4 heteroatoms. The Bertz CT molecular complexity index is 626. The van der Waals surface area contributed by atoms with Crippen LogP contribution in [0.1, 0.15) is 65.7 Å². The van der Waals surface area contributed by atoms with E-state index in [1.54, 1.807) is 11.3 Å². The van der Waals surface area contributed by atoms with Crippen molar-refractivity contribution >= 4 is 22.2 Å². The Balaban J connectivity index is 1.56. The van der Waals surface area contributed by atoms with E-state index in [0.717, 1.165) is 41.6 Å². The molecule has 4 rings (SSSR count). The molecule has 0 atom stereocenters. The number of carbonyl (C=O) groups excluding carboxylic acids is 1. The molecule has 0 saturated heterocycles. The maximum absolute atomic E-state index is 12.8. The molecule has 0 bridgehead atoms. The Morgan fingerprint density at radius 2 is 1.91 bits per heavy atom. The fourth-order valence-corrected chi connectivity index (χ4v) is 4.87. The third-order valence-electron chi connectivity index (χ3n) is 5.52. The molecule has 2 fully saturated rings. The third-order valence-corrected chi connectivity index (χ3v) is 6.73. The van der Waals surface area contributed by atoms with E-state index < -0.39 is 0 Å². The number of carbonyl (C=O) groups is 1. The molecule has 0 unspecified atom stereocenters. The molecule has 1 amide bonds. The molecule has 1 aromatic rings. The highest BCUT2D eigenvalue weighted by atomic mass is 32.1. The van der Waals surface area contributed by atoms with E-state index in [1.807, 2.05) is 0 Å². The lowest BCUT2D eigenvalue weighted by Gasteiger charge is -2.28. The number of nitrogens with one attached hydrogen (secondary N) is 2. The van der Waals surface area contributed by atoms with Gasteiger partial charge in [-0.15, -0.1) is 11.3 Å². The van der Waals surface area contributed by atoms with Crippen molar-refractivity contribution in [2.45, 2.75) is 57.8 Å².